The highest BCUT2D eigenvalue weighted by Crippen LogP contribution is 2.24. The molecule has 1 fully saturated rings. The molecule has 7 nitrogen and oxygen atoms in total. The molecule has 1 aliphatic rings. The predicted molar refractivity (Wildman–Crippen MR) is 113 cm³/mol. The lowest BCUT2D eigenvalue weighted by Crippen LogP contribution is -2.40. The van der Waals surface area contributed by atoms with Crippen molar-refractivity contribution in [2.75, 3.05) is 24.1 Å². The van der Waals surface area contributed by atoms with Gasteiger partial charge in [-0.1, -0.05) is 24.3 Å². The minimum atomic E-state index is -0.119. The third-order valence-electron chi connectivity index (χ3n) is 5.49. The third kappa shape index (κ3) is 4.08. The van der Waals surface area contributed by atoms with E-state index in [0.717, 1.165) is 16.6 Å². The van der Waals surface area contributed by atoms with Gasteiger partial charge in [-0.3, -0.25) is 14.9 Å². The quantitative estimate of drug-likeness (QED) is 0.669. The van der Waals surface area contributed by atoms with Gasteiger partial charge in [0.15, 0.2) is 0 Å². The molecule has 7 heteroatoms. The number of carbonyl (C=O) groups excluding carboxylic acids is 2. The van der Waals surface area contributed by atoms with Crippen LogP contribution in [0.25, 0.3) is 11.0 Å². The van der Waals surface area contributed by atoms with E-state index in [1.807, 2.05) is 53.1 Å². The number of nitrogens with two attached hydrogens (primary N) is 1. The number of para-hydroxylation sites is 2. The molecule has 3 N–H and O–H groups in total. The summed E-state index contributed by atoms with van der Waals surface area (Å²) in [6.07, 6.45) is 1.34. The Balaban J connectivity index is 1.57. The molecular formula is C22H25N5O2. The number of nitrogen functional groups attached to an aromatic ring is 1. The SMILES string of the molecule is CC(=O)N1CCC(C(=O)Nc2nc3ccccc3n2Cc2cccc(N)c2)CC1. The van der Waals surface area contributed by atoms with Crippen LogP contribution in [0.5, 0.6) is 0 Å². The van der Waals surface area contributed by atoms with Gasteiger partial charge in [-0.2, -0.15) is 0 Å². The summed E-state index contributed by atoms with van der Waals surface area (Å²) in [6, 6.07) is 15.5. The number of benzene rings is 2. The Labute approximate surface area is 169 Å². The van der Waals surface area contributed by atoms with Gasteiger partial charge in [-0.05, 0) is 42.7 Å². The van der Waals surface area contributed by atoms with Crippen LogP contribution in [0, 0.1) is 5.92 Å². The Morgan fingerprint density at radius 2 is 1.90 bits per heavy atom. The Kier molecular flexibility index (Phi) is 5.20. The Hall–Kier alpha value is -3.35. The molecule has 0 saturated carbocycles. The number of anilines is 2. The lowest BCUT2D eigenvalue weighted by atomic mass is 9.96. The molecule has 150 valence electrons. The predicted octanol–water partition coefficient (Wildman–Crippen LogP) is 2.86. The maximum Gasteiger partial charge on any atom is 0.229 e. The molecule has 0 radical (unpaired) electrons. The van der Waals surface area contributed by atoms with E-state index >= 15 is 0 Å². The molecule has 0 atom stereocenters. The third-order valence-corrected chi connectivity index (χ3v) is 5.49. The van der Waals surface area contributed by atoms with Crippen LogP contribution in [0.1, 0.15) is 25.3 Å². The van der Waals surface area contributed by atoms with Gasteiger partial charge in [0.1, 0.15) is 0 Å². The second-order valence-electron chi connectivity index (χ2n) is 7.52. The number of amides is 2. The summed E-state index contributed by atoms with van der Waals surface area (Å²) in [5.41, 5.74) is 9.46. The molecule has 2 aromatic carbocycles. The van der Waals surface area contributed by atoms with Crippen LogP contribution in [0.15, 0.2) is 48.5 Å². The van der Waals surface area contributed by atoms with Crippen molar-refractivity contribution in [2.45, 2.75) is 26.3 Å². The van der Waals surface area contributed by atoms with Crippen molar-refractivity contribution in [3.05, 3.63) is 54.1 Å². The highest BCUT2D eigenvalue weighted by atomic mass is 16.2. The van der Waals surface area contributed by atoms with Crippen molar-refractivity contribution in [1.29, 1.82) is 0 Å². The summed E-state index contributed by atoms with van der Waals surface area (Å²) in [5, 5.41) is 3.03. The Bertz CT molecular complexity index is 1050. The van der Waals surface area contributed by atoms with Gasteiger partial charge in [-0.15, -0.1) is 0 Å². The highest BCUT2D eigenvalue weighted by Gasteiger charge is 2.27. The van der Waals surface area contributed by atoms with Crippen molar-refractivity contribution in [1.82, 2.24) is 14.5 Å². The minimum absolute atomic E-state index is 0.0441. The first-order valence-corrected chi connectivity index (χ1v) is 9.87. The number of nitrogens with one attached hydrogen (secondary N) is 1. The monoisotopic (exact) mass is 391 g/mol. The fourth-order valence-corrected chi connectivity index (χ4v) is 3.87. The van der Waals surface area contributed by atoms with Crippen molar-refractivity contribution < 1.29 is 9.59 Å². The summed E-state index contributed by atoms with van der Waals surface area (Å²) < 4.78 is 2.01. The first-order valence-electron chi connectivity index (χ1n) is 9.87. The average molecular weight is 391 g/mol. The molecule has 1 saturated heterocycles. The second kappa shape index (κ2) is 7.95. The van der Waals surface area contributed by atoms with Crippen LogP contribution >= 0.6 is 0 Å². The number of hydrogen-bond acceptors (Lipinski definition) is 4. The molecule has 2 amide bonds. The van der Waals surface area contributed by atoms with E-state index in [-0.39, 0.29) is 17.7 Å². The maximum absolute atomic E-state index is 12.9. The first-order chi connectivity index (χ1) is 14.0. The summed E-state index contributed by atoms with van der Waals surface area (Å²) in [6.45, 7) is 3.36. The molecule has 0 bridgehead atoms. The standard InChI is InChI=1S/C22H25N5O2/c1-15(28)26-11-9-17(10-12-26)21(29)25-22-24-19-7-2-3-8-20(19)27(22)14-16-5-4-6-18(23)13-16/h2-8,13,17H,9-12,14,23H2,1H3,(H,24,25,29). The summed E-state index contributed by atoms with van der Waals surface area (Å²) in [7, 11) is 0. The van der Waals surface area contributed by atoms with Crippen molar-refractivity contribution >= 4 is 34.5 Å². The molecule has 1 aromatic heterocycles. The topological polar surface area (TPSA) is 93.2 Å². The Morgan fingerprint density at radius 3 is 2.62 bits per heavy atom. The van der Waals surface area contributed by atoms with Gasteiger partial charge in [0, 0.05) is 31.6 Å². The van der Waals surface area contributed by atoms with Crippen LogP contribution in [-0.2, 0) is 16.1 Å². The summed E-state index contributed by atoms with van der Waals surface area (Å²) in [5.74, 6) is 0.434. The second-order valence-corrected chi connectivity index (χ2v) is 7.52. The molecule has 0 unspecified atom stereocenters. The lowest BCUT2D eigenvalue weighted by Gasteiger charge is -2.30. The highest BCUT2D eigenvalue weighted by molar-refractivity contribution is 5.93. The fraction of sp³-hybridized carbons (Fsp3) is 0.318. The molecule has 29 heavy (non-hydrogen) atoms. The normalized spacial score (nSPS) is 14.9. The number of carbonyl (C=O) groups is 2. The number of rotatable bonds is 4. The van der Waals surface area contributed by atoms with E-state index in [9.17, 15) is 9.59 Å². The van der Waals surface area contributed by atoms with Crippen LogP contribution in [0.3, 0.4) is 0 Å². The zero-order valence-electron chi connectivity index (χ0n) is 16.5. The summed E-state index contributed by atoms with van der Waals surface area (Å²) in [4.78, 5) is 30.8. The number of likely N-dealkylation sites (tertiary alicyclic amines) is 1. The molecular weight excluding hydrogens is 366 g/mol. The van der Waals surface area contributed by atoms with Crippen LogP contribution < -0.4 is 11.1 Å². The van der Waals surface area contributed by atoms with E-state index in [1.165, 1.54) is 0 Å². The molecule has 1 aliphatic heterocycles. The zero-order chi connectivity index (χ0) is 20.4. The van der Waals surface area contributed by atoms with Crippen molar-refractivity contribution in [3.63, 3.8) is 0 Å². The maximum atomic E-state index is 12.9. The van der Waals surface area contributed by atoms with E-state index < -0.39 is 0 Å². The van der Waals surface area contributed by atoms with Crippen molar-refractivity contribution in [2.24, 2.45) is 5.92 Å². The molecule has 0 aliphatic carbocycles. The van der Waals surface area contributed by atoms with Gasteiger partial charge in [0.2, 0.25) is 17.8 Å². The van der Waals surface area contributed by atoms with Gasteiger partial charge in [0.05, 0.1) is 17.6 Å². The molecule has 0 spiro atoms. The number of imidazole rings is 1. The number of fused-ring (bicyclic) bond motifs is 1. The van der Waals surface area contributed by atoms with E-state index in [1.54, 1.807) is 11.8 Å². The Morgan fingerprint density at radius 1 is 1.14 bits per heavy atom. The van der Waals surface area contributed by atoms with Crippen LogP contribution in [0.4, 0.5) is 11.6 Å². The van der Waals surface area contributed by atoms with Gasteiger partial charge in [0.25, 0.3) is 0 Å². The number of aromatic nitrogens is 2. The number of nitrogens with zero attached hydrogens (tertiary/aromatic N) is 3. The van der Waals surface area contributed by atoms with E-state index in [4.69, 9.17) is 5.73 Å². The van der Waals surface area contributed by atoms with Crippen LogP contribution in [0.2, 0.25) is 0 Å². The van der Waals surface area contributed by atoms with Gasteiger partial charge >= 0.3 is 0 Å². The van der Waals surface area contributed by atoms with Crippen molar-refractivity contribution in [3.8, 4) is 0 Å². The number of hydrogen-bond donors (Lipinski definition) is 2. The molecule has 2 heterocycles. The van der Waals surface area contributed by atoms with Gasteiger partial charge < -0.3 is 15.2 Å². The molecule has 4 rings (SSSR count). The van der Waals surface area contributed by atoms with Gasteiger partial charge in [-0.25, -0.2) is 4.98 Å². The smallest absolute Gasteiger partial charge is 0.229 e. The average Bonchev–Trinajstić information content (AvgIpc) is 3.05. The van der Waals surface area contributed by atoms with Crippen LogP contribution in [-0.4, -0.2) is 39.4 Å². The largest absolute Gasteiger partial charge is 0.399 e. The lowest BCUT2D eigenvalue weighted by molar-refractivity contribution is -0.132. The fourth-order valence-electron chi connectivity index (χ4n) is 3.87. The zero-order valence-corrected chi connectivity index (χ0v) is 16.5. The minimum Gasteiger partial charge on any atom is -0.399 e. The first kappa shape index (κ1) is 19.0. The molecule has 3 aromatic rings. The number of piperidine rings is 1. The summed E-state index contributed by atoms with van der Waals surface area (Å²) >= 11 is 0. The van der Waals surface area contributed by atoms with E-state index in [0.29, 0.717) is 44.1 Å². The van der Waals surface area contributed by atoms with E-state index in [2.05, 4.69) is 10.3 Å².